The van der Waals surface area contributed by atoms with E-state index in [-0.39, 0.29) is 17.3 Å². The molecule has 2 heterocycles. The molecule has 0 aliphatic heterocycles. The van der Waals surface area contributed by atoms with E-state index in [0.29, 0.717) is 21.9 Å². The summed E-state index contributed by atoms with van der Waals surface area (Å²) in [6.07, 6.45) is 3.44. The van der Waals surface area contributed by atoms with Crippen LogP contribution in [0.3, 0.4) is 0 Å². The van der Waals surface area contributed by atoms with Crippen LogP contribution in [0.5, 0.6) is 0 Å². The van der Waals surface area contributed by atoms with Gasteiger partial charge in [0.05, 0.1) is 11.1 Å². The van der Waals surface area contributed by atoms with Gasteiger partial charge in [-0.25, -0.2) is 4.98 Å². The summed E-state index contributed by atoms with van der Waals surface area (Å²) in [6.45, 7) is 0.351. The Hall–Kier alpha value is -3.78. The summed E-state index contributed by atoms with van der Waals surface area (Å²) in [5.41, 5.74) is 14.0. The lowest BCUT2D eigenvalue weighted by Gasteiger charge is -2.10. The molecule has 2 amide bonds. The molecule has 4 rings (SSSR count). The summed E-state index contributed by atoms with van der Waals surface area (Å²) in [7, 11) is 0. The van der Waals surface area contributed by atoms with Crippen LogP contribution < -0.4 is 16.8 Å². The number of hydrogen-bond donors (Lipinski definition) is 4. The average molecular weight is 417 g/mol. The zero-order valence-corrected chi connectivity index (χ0v) is 16.7. The molecule has 30 heavy (non-hydrogen) atoms. The van der Waals surface area contributed by atoms with Gasteiger partial charge in [-0.1, -0.05) is 42.1 Å². The molecule has 0 aliphatic rings. The Bertz CT molecular complexity index is 1250. The summed E-state index contributed by atoms with van der Waals surface area (Å²) in [4.78, 5) is 33.1. The molecule has 6 N–H and O–H groups in total. The van der Waals surface area contributed by atoms with Gasteiger partial charge in [-0.15, -0.1) is 0 Å². The van der Waals surface area contributed by atoms with Crippen molar-refractivity contribution in [1.82, 2.24) is 15.3 Å². The molecule has 2 aromatic heterocycles. The van der Waals surface area contributed by atoms with Crippen LogP contribution in [0.25, 0.3) is 10.9 Å². The van der Waals surface area contributed by atoms with E-state index in [1.807, 2.05) is 36.5 Å². The number of nitrogen functional groups attached to an aromatic ring is 1. The highest BCUT2D eigenvalue weighted by atomic mass is 32.2. The second-order valence-corrected chi connectivity index (χ2v) is 7.72. The number of primary amides is 1. The average Bonchev–Trinajstić information content (AvgIpc) is 3.17. The van der Waals surface area contributed by atoms with Gasteiger partial charge in [-0.05, 0) is 29.8 Å². The standard InChI is InChI=1S/C22H19N5O2S/c23-20-17(22(29)27-11-13-10-25-18-7-3-1-5-15(13)18)9-14(12-26-20)30-19-8-4-2-6-16(19)21(24)28/h1-10,12,25H,11H2,(H2,23,26)(H2,24,28)(H,27,29). The Morgan fingerprint density at radius 1 is 1.07 bits per heavy atom. The van der Waals surface area contributed by atoms with Crippen molar-refractivity contribution in [2.45, 2.75) is 16.3 Å². The van der Waals surface area contributed by atoms with E-state index >= 15 is 0 Å². The van der Waals surface area contributed by atoms with Crippen molar-refractivity contribution < 1.29 is 9.59 Å². The largest absolute Gasteiger partial charge is 0.383 e. The molecule has 8 heteroatoms. The molecule has 0 saturated heterocycles. The third-order valence-electron chi connectivity index (χ3n) is 4.63. The van der Waals surface area contributed by atoms with Crippen LogP contribution in [-0.4, -0.2) is 21.8 Å². The molecule has 0 atom stereocenters. The Labute approximate surface area is 176 Å². The molecular weight excluding hydrogens is 398 g/mol. The second kappa shape index (κ2) is 8.30. The number of nitrogens with zero attached hydrogens (tertiary/aromatic N) is 1. The van der Waals surface area contributed by atoms with Crippen molar-refractivity contribution in [3.63, 3.8) is 0 Å². The van der Waals surface area contributed by atoms with Crippen LogP contribution in [0.1, 0.15) is 26.3 Å². The number of benzene rings is 2. The second-order valence-electron chi connectivity index (χ2n) is 6.61. The first-order valence-electron chi connectivity index (χ1n) is 9.18. The lowest BCUT2D eigenvalue weighted by atomic mass is 10.1. The number of rotatable bonds is 6. The molecule has 0 saturated carbocycles. The van der Waals surface area contributed by atoms with Crippen LogP contribution >= 0.6 is 11.8 Å². The first kappa shape index (κ1) is 19.5. The van der Waals surface area contributed by atoms with Gasteiger partial charge in [0.2, 0.25) is 5.91 Å². The third kappa shape index (κ3) is 3.99. The predicted octanol–water partition coefficient (Wildman–Crippen LogP) is 3.33. The quantitative estimate of drug-likeness (QED) is 0.383. The Morgan fingerprint density at radius 2 is 1.83 bits per heavy atom. The van der Waals surface area contributed by atoms with E-state index in [1.54, 1.807) is 30.5 Å². The van der Waals surface area contributed by atoms with Crippen molar-refractivity contribution in [3.05, 3.63) is 83.7 Å². The van der Waals surface area contributed by atoms with E-state index in [4.69, 9.17) is 11.5 Å². The number of para-hydroxylation sites is 1. The smallest absolute Gasteiger partial charge is 0.255 e. The lowest BCUT2D eigenvalue weighted by Crippen LogP contribution is -2.24. The number of carbonyl (C=O) groups is 2. The van der Waals surface area contributed by atoms with Crippen LogP contribution in [-0.2, 0) is 6.54 Å². The number of aromatic nitrogens is 2. The maximum Gasteiger partial charge on any atom is 0.255 e. The number of anilines is 1. The fraction of sp³-hybridized carbons (Fsp3) is 0.0455. The van der Waals surface area contributed by atoms with Crippen molar-refractivity contribution in [3.8, 4) is 0 Å². The number of fused-ring (bicyclic) bond motifs is 1. The maximum absolute atomic E-state index is 12.8. The van der Waals surface area contributed by atoms with E-state index in [2.05, 4.69) is 15.3 Å². The van der Waals surface area contributed by atoms with Gasteiger partial charge >= 0.3 is 0 Å². The highest BCUT2D eigenvalue weighted by molar-refractivity contribution is 7.99. The minimum Gasteiger partial charge on any atom is -0.383 e. The molecule has 0 fully saturated rings. The van der Waals surface area contributed by atoms with E-state index in [9.17, 15) is 9.59 Å². The minimum atomic E-state index is -0.516. The number of hydrogen-bond acceptors (Lipinski definition) is 5. The van der Waals surface area contributed by atoms with E-state index < -0.39 is 5.91 Å². The van der Waals surface area contributed by atoms with Gasteiger partial charge in [-0.3, -0.25) is 9.59 Å². The number of nitrogens with two attached hydrogens (primary N) is 2. The van der Waals surface area contributed by atoms with Crippen molar-refractivity contribution in [2.24, 2.45) is 5.73 Å². The number of nitrogens with one attached hydrogen (secondary N) is 2. The van der Waals surface area contributed by atoms with Crippen molar-refractivity contribution in [2.75, 3.05) is 5.73 Å². The Kier molecular flexibility index (Phi) is 5.40. The van der Waals surface area contributed by atoms with Gasteiger partial charge in [0.25, 0.3) is 5.91 Å². The zero-order chi connectivity index (χ0) is 21.1. The SMILES string of the molecule is NC(=O)c1ccccc1Sc1cnc(N)c(C(=O)NCc2c[nH]c3ccccc23)c1. The highest BCUT2D eigenvalue weighted by Crippen LogP contribution is 2.31. The first-order valence-corrected chi connectivity index (χ1v) is 10.00. The Morgan fingerprint density at radius 3 is 2.67 bits per heavy atom. The molecular formula is C22H19N5O2S. The van der Waals surface area contributed by atoms with Crippen LogP contribution in [0, 0.1) is 0 Å². The number of aromatic amines is 1. The summed E-state index contributed by atoms with van der Waals surface area (Å²) < 4.78 is 0. The summed E-state index contributed by atoms with van der Waals surface area (Å²) in [5.74, 6) is -0.701. The predicted molar refractivity (Wildman–Crippen MR) is 117 cm³/mol. The fourth-order valence-corrected chi connectivity index (χ4v) is 4.09. The number of H-pyrrole nitrogens is 1. The minimum absolute atomic E-state index is 0.138. The number of carbonyl (C=O) groups excluding carboxylic acids is 2. The van der Waals surface area contributed by atoms with E-state index in [0.717, 1.165) is 16.5 Å². The highest BCUT2D eigenvalue weighted by Gasteiger charge is 2.15. The third-order valence-corrected chi connectivity index (χ3v) is 5.67. The number of pyridine rings is 1. The molecule has 0 aliphatic carbocycles. The van der Waals surface area contributed by atoms with Crippen LogP contribution in [0.15, 0.2) is 76.8 Å². The molecule has 2 aromatic carbocycles. The molecule has 0 bridgehead atoms. The molecule has 0 radical (unpaired) electrons. The topological polar surface area (TPSA) is 127 Å². The molecule has 0 unspecified atom stereocenters. The van der Waals surface area contributed by atoms with Gasteiger partial charge < -0.3 is 21.8 Å². The van der Waals surface area contributed by atoms with Crippen molar-refractivity contribution >= 4 is 40.3 Å². The van der Waals surface area contributed by atoms with Gasteiger partial charge in [-0.2, -0.15) is 0 Å². The molecule has 0 spiro atoms. The van der Waals surface area contributed by atoms with Crippen LogP contribution in [0.2, 0.25) is 0 Å². The number of amides is 2. The Balaban J connectivity index is 1.53. The lowest BCUT2D eigenvalue weighted by molar-refractivity contribution is 0.0950. The maximum atomic E-state index is 12.8. The normalized spacial score (nSPS) is 10.8. The molecule has 150 valence electrons. The summed E-state index contributed by atoms with van der Waals surface area (Å²) in [5, 5.41) is 3.94. The van der Waals surface area contributed by atoms with Gasteiger partial charge in [0, 0.05) is 39.6 Å². The summed E-state index contributed by atoms with van der Waals surface area (Å²) in [6, 6.07) is 16.5. The monoisotopic (exact) mass is 417 g/mol. The zero-order valence-electron chi connectivity index (χ0n) is 15.9. The van der Waals surface area contributed by atoms with Crippen molar-refractivity contribution in [1.29, 1.82) is 0 Å². The first-order chi connectivity index (χ1) is 14.5. The van der Waals surface area contributed by atoms with Crippen LogP contribution in [0.4, 0.5) is 5.82 Å². The summed E-state index contributed by atoms with van der Waals surface area (Å²) >= 11 is 1.30. The van der Waals surface area contributed by atoms with Gasteiger partial charge in [0.1, 0.15) is 5.82 Å². The molecule has 7 nitrogen and oxygen atoms in total. The fourth-order valence-electron chi connectivity index (χ4n) is 3.13. The van der Waals surface area contributed by atoms with E-state index in [1.165, 1.54) is 11.8 Å². The molecule has 4 aromatic rings. The van der Waals surface area contributed by atoms with Gasteiger partial charge in [0.15, 0.2) is 0 Å².